The Morgan fingerprint density at radius 1 is 1.45 bits per heavy atom. The van der Waals surface area contributed by atoms with Gasteiger partial charge in [-0.1, -0.05) is 13.8 Å². The molecule has 0 bridgehead atoms. The van der Waals surface area contributed by atoms with Gasteiger partial charge in [-0.25, -0.2) is 4.98 Å². The molecule has 1 atom stereocenters. The Morgan fingerprint density at radius 3 is 2.86 bits per heavy atom. The molecule has 0 unspecified atom stereocenters. The molecule has 1 amide bonds. The van der Waals surface area contributed by atoms with E-state index in [-0.39, 0.29) is 18.3 Å². The zero-order chi connectivity index (χ0) is 16.1. The first-order valence-corrected chi connectivity index (χ1v) is 7.73. The number of hydrogen-bond acceptors (Lipinski definition) is 6. The maximum absolute atomic E-state index is 11.2. The van der Waals surface area contributed by atoms with Crippen LogP contribution in [0.3, 0.4) is 0 Å². The molecule has 122 valence electrons. The standard InChI is InChI=1S/C15H25N5O2/c1-11(2)9-19-4-5-20(10-12(19)3-6-21)14-8-17-7-13(18-14)15(16)22/h7-8,11-12,21H,3-6,9-10H2,1-2H3,(H2,16,22)/t12-/m1/s1. The van der Waals surface area contributed by atoms with E-state index in [0.29, 0.717) is 11.7 Å². The van der Waals surface area contributed by atoms with E-state index < -0.39 is 5.91 Å². The largest absolute Gasteiger partial charge is 0.396 e. The highest BCUT2D eigenvalue weighted by Gasteiger charge is 2.28. The van der Waals surface area contributed by atoms with Crippen LogP contribution in [0, 0.1) is 5.92 Å². The molecule has 0 aromatic carbocycles. The van der Waals surface area contributed by atoms with Crippen molar-refractivity contribution < 1.29 is 9.90 Å². The molecule has 1 aromatic rings. The van der Waals surface area contributed by atoms with Gasteiger partial charge in [0.2, 0.25) is 0 Å². The van der Waals surface area contributed by atoms with Gasteiger partial charge in [0.1, 0.15) is 11.5 Å². The first kappa shape index (κ1) is 16.6. The van der Waals surface area contributed by atoms with Crippen molar-refractivity contribution >= 4 is 11.7 Å². The van der Waals surface area contributed by atoms with Crippen molar-refractivity contribution in [2.45, 2.75) is 26.3 Å². The topological polar surface area (TPSA) is 95.6 Å². The Kier molecular flexibility index (Phi) is 5.68. The van der Waals surface area contributed by atoms with Crippen LogP contribution < -0.4 is 10.6 Å². The molecule has 7 heteroatoms. The van der Waals surface area contributed by atoms with Gasteiger partial charge in [0.05, 0.1) is 12.4 Å². The smallest absolute Gasteiger partial charge is 0.268 e. The number of aliphatic hydroxyl groups is 1. The summed E-state index contributed by atoms with van der Waals surface area (Å²) in [6, 6.07) is 0.278. The molecule has 0 radical (unpaired) electrons. The van der Waals surface area contributed by atoms with Gasteiger partial charge in [-0.15, -0.1) is 0 Å². The second kappa shape index (κ2) is 7.51. The summed E-state index contributed by atoms with van der Waals surface area (Å²) in [5.41, 5.74) is 5.44. The minimum atomic E-state index is -0.570. The Bertz CT molecular complexity index is 508. The molecule has 0 spiro atoms. The highest BCUT2D eigenvalue weighted by Crippen LogP contribution is 2.19. The number of aromatic nitrogens is 2. The fourth-order valence-electron chi connectivity index (χ4n) is 2.86. The lowest BCUT2D eigenvalue weighted by Gasteiger charge is -2.42. The Hall–Kier alpha value is -1.73. The third kappa shape index (κ3) is 4.14. The fourth-order valence-corrected chi connectivity index (χ4v) is 2.86. The van der Waals surface area contributed by atoms with Crippen LogP contribution in [0.2, 0.25) is 0 Å². The minimum Gasteiger partial charge on any atom is -0.396 e. The molecule has 1 aliphatic heterocycles. The summed E-state index contributed by atoms with van der Waals surface area (Å²) in [6.45, 7) is 8.08. The van der Waals surface area contributed by atoms with Gasteiger partial charge in [-0.2, -0.15) is 0 Å². The average Bonchev–Trinajstić information content (AvgIpc) is 2.49. The van der Waals surface area contributed by atoms with Crippen molar-refractivity contribution in [2.24, 2.45) is 11.7 Å². The third-order valence-electron chi connectivity index (χ3n) is 3.86. The van der Waals surface area contributed by atoms with Crippen LogP contribution in [0.1, 0.15) is 30.8 Å². The highest BCUT2D eigenvalue weighted by molar-refractivity contribution is 5.90. The molecule has 1 saturated heterocycles. The number of carbonyl (C=O) groups is 1. The van der Waals surface area contributed by atoms with Crippen LogP contribution in [-0.4, -0.2) is 64.7 Å². The van der Waals surface area contributed by atoms with Gasteiger partial charge in [0.15, 0.2) is 0 Å². The van der Waals surface area contributed by atoms with Crippen molar-refractivity contribution in [1.29, 1.82) is 0 Å². The van der Waals surface area contributed by atoms with Crippen molar-refractivity contribution in [2.75, 3.05) is 37.7 Å². The van der Waals surface area contributed by atoms with Gasteiger partial charge in [-0.3, -0.25) is 14.7 Å². The molecule has 0 saturated carbocycles. The van der Waals surface area contributed by atoms with Gasteiger partial charge in [0.25, 0.3) is 5.91 Å². The second-order valence-corrected chi connectivity index (χ2v) is 6.13. The van der Waals surface area contributed by atoms with Crippen LogP contribution in [0.25, 0.3) is 0 Å². The molecule has 2 rings (SSSR count). The van der Waals surface area contributed by atoms with Crippen molar-refractivity contribution in [3.63, 3.8) is 0 Å². The number of rotatable bonds is 6. The Balaban J connectivity index is 2.11. The van der Waals surface area contributed by atoms with Crippen molar-refractivity contribution in [3.8, 4) is 0 Å². The molecule has 1 aliphatic rings. The molecule has 7 nitrogen and oxygen atoms in total. The van der Waals surface area contributed by atoms with E-state index in [2.05, 4.69) is 33.6 Å². The highest BCUT2D eigenvalue weighted by atomic mass is 16.3. The maximum Gasteiger partial charge on any atom is 0.268 e. The number of primary amides is 1. The maximum atomic E-state index is 11.2. The first-order chi connectivity index (χ1) is 10.5. The quantitative estimate of drug-likeness (QED) is 0.774. The Morgan fingerprint density at radius 2 is 2.23 bits per heavy atom. The van der Waals surface area contributed by atoms with Crippen LogP contribution in [0.5, 0.6) is 0 Å². The van der Waals surface area contributed by atoms with Gasteiger partial charge in [0, 0.05) is 38.8 Å². The van der Waals surface area contributed by atoms with Crippen molar-refractivity contribution in [1.82, 2.24) is 14.9 Å². The lowest BCUT2D eigenvalue weighted by molar-refractivity contribution is 0.0995. The molecule has 1 aromatic heterocycles. The summed E-state index contributed by atoms with van der Waals surface area (Å²) < 4.78 is 0. The van der Waals surface area contributed by atoms with E-state index in [1.165, 1.54) is 6.20 Å². The molecule has 0 aliphatic carbocycles. The number of anilines is 1. The van der Waals surface area contributed by atoms with E-state index in [1.807, 2.05) is 0 Å². The van der Waals surface area contributed by atoms with Crippen LogP contribution in [0.15, 0.2) is 12.4 Å². The molecule has 1 fully saturated rings. The number of nitrogens with zero attached hydrogens (tertiary/aromatic N) is 4. The predicted octanol–water partition coefficient (Wildman–Crippen LogP) is 0.105. The second-order valence-electron chi connectivity index (χ2n) is 6.13. The lowest BCUT2D eigenvalue weighted by Crippen LogP contribution is -2.54. The lowest BCUT2D eigenvalue weighted by atomic mass is 10.1. The van der Waals surface area contributed by atoms with Crippen LogP contribution >= 0.6 is 0 Å². The zero-order valence-electron chi connectivity index (χ0n) is 13.3. The fraction of sp³-hybridized carbons (Fsp3) is 0.667. The summed E-state index contributed by atoms with van der Waals surface area (Å²) >= 11 is 0. The first-order valence-electron chi connectivity index (χ1n) is 7.73. The number of aliphatic hydroxyl groups excluding tert-OH is 1. The SMILES string of the molecule is CC(C)CN1CCN(c2cncc(C(N)=O)n2)C[C@H]1CCO. The summed E-state index contributed by atoms with van der Waals surface area (Å²) in [7, 11) is 0. The molecular weight excluding hydrogens is 282 g/mol. The molecular formula is C15H25N5O2. The van der Waals surface area contributed by atoms with E-state index in [1.54, 1.807) is 6.20 Å². The van der Waals surface area contributed by atoms with Gasteiger partial charge >= 0.3 is 0 Å². The summed E-state index contributed by atoms with van der Waals surface area (Å²) in [5.74, 6) is 0.689. The third-order valence-corrected chi connectivity index (χ3v) is 3.86. The van der Waals surface area contributed by atoms with Gasteiger partial charge < -0.3 is 15.7 Å². The normalized spacial score (nSPS) is 19.6. The molecule has 22 heavy (non-hydrogen) atoms. The van der Waals surface area contributed by atoms with Crippen LogP contribution in [0.4, 0.5) is 5.82 Å². The van der Waals surface area contributed by atoms with Crippen LogP contribution in [-0.2, 0) is 0 Å². The minimum absolute atomic E-state index is 0.167. The number of carbonyl (C=O) groups excluding carboxylic acids is 1. The Labute approximate surface area is 131 Å². The zero-order valence-corrected chi connectivity index (χ0v) is 13.3. The van der Waals surface area contributed by atoms with Crippen molar-refractivity contribution in [3.05, 3.63) is 18.1 Å². The van der Waals surface area contributed by atoms with E-state index in [9.17, 15) is 9.90 Å². The molecule has 2 heterocycles. The van der Waals surface area contributed by atoms with E-state index in [4.69, 9.17) is 5.73 Å². The number of nitrogens with two attached hydrogens (primary N) is 1. The average molecular weight is 307 g/mol. The van der Waals surface area contributed by atoms with Gasteiger partial charge in [-0.05, 0) is 12.3 Å². The van der Waals surface area contributed by atoms with E-state index in [0.717, 1.165) is 32.6 Å². The predicted molar refractivity (Wildman–Crippen MR) is 84.7 cm³/mol. The molecule has 3 N–H and O–H groups in total. The summed E-state index contributed by atoms with van der Waals surface area (Å²) in [4.78, 5) is 24.1. The number of hydrogen-bond donors (Lipinski definition) is 2. The summed E-state index contributed by atoms with van der Waals surface area (Å²) in [6.07, 6.45) is 3.76. The summed E-state index contributed by atoms with van der Waals surface area (Å²) in [5, 5.41) is 9.31. The number of amides is 1. The monoisotopic (exact) mass is 307 g/mol. The van der Waals surface area contributed by atoms with E-state index >= 15 is 0 Å². The number of piperazine rings is 1.